The first kappa shape index (κ1) is 8.54. The molecule has 0 amide bonds. The molecule has 0 aromatic heterocycles. The van der Waals surface area contributed by atoms with Gasteiger partial charge in [-0.2, -0.15) is 8.42 Å². The SMILES string of the molecule is O=S(=O)(N1C=CCO1)N1C=CCO1. The second-order valence-electron chi connectivity index (χ2n) is 2.38. The van der Waals surface area contributed by atoms with Crippen molar-refractivity contribution in [3.05, 3.63) is 24.6 Å². The maximum absolute atomic E-state index is 11.5. The summed E-state index contributed by atoms with van der Waals surface area (Å²) in [7, 11) is -3.69. The van der Waals surface area contributed by atoms with E-state index in [0.29, 0.717) is 0 Å². The minimum atomic E-state index is -3.69. The third kappa shape index (κ3) is 1.41. The summed E-state index contributed by atoms with van der Waals surface area (Å²) in [5.74, 6) is 0. The zero-order chi connectivity index (χ0) is 9.31. The van der Waals surface area contributed by atoms with Crippen molar-refractivity contribution in [2.24, 2.45) is 0 Å². The normalized spacial score (nSPS) is 21.8. The minimum Gasteiger partial charge on any atom is -0.254 e. The molecule has 13 heavy (non-hydrogen) atoms. The molecule has 0 spiro atoms. The van der Waals surface area contributed by atoms with Gasteiger partial charge >= 0.3 is 10.2 Å². The molecule has 0 aromatic rings. The Labute approximate surface area is 75.7 Å². The van der Waals surface area contributed by atoms with E-state index in [1.54, 1.807) is 12.2 Å². The van der Waals surface area contributed by atoms with Gasteiger partial charge in [0.1, 0.15) is 0 Å². The van der Waals surface area contributed by atoms with E-state index < -0.39 is 10.2 Å². The third-order valence-electron chi connectivity index (χ3n) is 1.51. The van der Waals surface area contributed by atoms with E-state index in [-0.39, 0.29) is 13.2 Å². The van der Waals surface area contributed by atoms with E-state index in [0.717, 1.165) is 8.94 Å². The van der Waals surface area contributed by atoms with Crippen molar-refractivity contribution < 1.29 is 18.1 Å². The maximum atomic E-state index is 11.5. The van der Waals surface area contributed by atoms with E-state index in [1.165, 1.54) is 12.4 Å². The summed E-state index contributed by atoms with van der Waals surface area (Å²) in [6.45, 7) is 0.521. The number of nitrogens with zero attached hydrogens (tertiary/aromatic N) is 2. The number of rotatable bonds is 2. The van der Waals surface area contributed by atoms with Gasteiger partial charge in [-0.15, -0.1) is 8.94 Å². The van der Waals surface area contributed by atoms with Gasteiger partial charge in [-0.25, -0.2) is 0 Å². The number of hydrogen-bond acceptors (Lipinski definition) is 4. The van der Waals surface area contributed by atoms with Gasteiger partial charge in [-0.3, -0.25) is 9.68 Å². The lowest BCUT2D eigenvalue weighted by Gasteiger charge is -2.20. The largest absolute Gasteiger partial charge is 0.370 e. The van der Waals surface area contributed by atoms with Gasteiger partial charge < -0.3 is 0 Å². The first-order chi connectivity index (χ1) is 6.21. The van der Waals surface area contributed by atoms with Gasteiger partial charge in [0.2, 0.25) is 0 Å². The van der Waals surface area contributed by atoms with Crippen LogP contribution in [0.25, 0.3) is 0 Å². The molecule has 72 valence electrons. The van der Waals surface area contributed by atoms with Gasteiger partial charge in [0.05, 0.1) is 13.2 Å². The Kier molecular flexibility index (Phi) is 1.98. The van der Waals surface area contributed by atoms with Crippen molar-refractivity contribution in [3.63, 3.8) is 0 Å². The van der Waals surface area contributed by atoms with E-state index in [1.807, 2.05) is 0 Å². The maximum Gasteiger partial charge on any atom is 0.370 e. The summed E-state index contributed by atoms with van der Waals surface area (Å²) < 4.78 is 24.6. The molecule has 0 bridgehead atoms. The number of hydroxylamine groups is 2. The Balaban J connectivity index is 2.19. The summed E-state index contributed by atoms with van der Waals surface area (Å²) in [5.41, 5.74) is 0. The zero-order valence-corrected chi connectivity index (χ0v) is 7.48. The molecule has 0 radical (unpaired) electrons. The van der Waals surface area contributed by atoms with Crippen molar-refractivity contribution in [1.82, 2.24) is 8.94 Å². The fourth-order valence-electron chi connectivity index (χ4n) is 0.944. The van der Waals surface area contributed by atoms with Crippen LogP contribution in [0, 0.1) is 0 Å². The second kappa shape index (κ2) is 3.02. The van der Waals surface area contributed by atoms with Crippen LogP contribution in [0.15, 0.2) is 24.6 Å². The first-order valence-corrected chi connectivity index (χ1v) is 5.04. The van der Waals surface area contributed by atoms with Crippen molar-refractivity contribution in [2.75, 3.05) is 13.2 Å². The van der Waals surface area contributed by atoms with Crippen LogP contribution in [-0.4, -0.2) is 30.6 Å². The van der Waals surface area contributed by atoms with Crippen molar-refractivity contribution in [2.45, 2.75) is 0 Å². The van der Waals surface area contributed by atoms with Crippen LogP contribution in [0.3, 0.4) is 0 Å². The molecule has 2 aliphatic heterocycles. The van der Waals surface area contributed by atoms with Crippen LogP contribution >= 0.6 is 0 Å². The molecule has 0 fully saturated rings. The van der Waals surface area contributed by atoms with Crippen LogP contribution in [0.1, 0.15) is 0 Å². The molecule has 0 saturated carbocycles. The predicted molar refractivity (Wildman–Crippen MR) is 42.8 cm³/mol. The lowest BCUT2D eigenvalue weighted by Crippen LogP contribution is -2.35. The molecular weight excluding hydrogens is 196 g/mol. The quantitative estimate of drug-likeness (QED) is 0.622. The molecule has 6 nitrogen and oxygen atoms in total. The highest BCUT2D eigenvalue weighted by molar-refractivity contribution is 7.86. The van der Waals surface area contributed by atoms with Crippen LogP contribution in [-0.2, 0) is 19.9 Å². The highest BCUT2D eigenvalue weighted by Gasteiger charge is 2.30. The standard InChI is InChI=1S/C6H8N2O4S/c9-13(10,7-3-1-5-11-7)8-4-2-6-12-8/h1-4H,5-6H2. The molecule has 0 atom stereocenters. The van der Waals surface area contributed by atoms with Crippen molar-refractivity contribution in [3.8, 4) is 0 Å². The lowest BCUT2D eigenvalue weighted by atomic mass is 10.7. The van der Waals surface area contributed by atoms with Gasteiger partial charge in [0.15, 0.2) is 0 Å². The predicted octanol–water partition coefficient (Wildman–Crippen LogP) is -0.247. The van der Waals surface area contributed by atoms with Crippen LogP contribution in [0.4, 0.5) is 0 Å². The lowest BCUT2D eigenvalue weighted by molar-refractivity contribution is -0.0563. The highest BCUT2D eigenvalue weighted by Crippen LogP contribution is 2.16. The molecule has 2 aliphatic rings. The average Bonchev–Trinajstić information content (AvgIpc) is 2.78. The Hall–Kier alpha value is -1.05. The molecular formula is C6H8N2O4S. The molecule has 0 aliphatic carbocycles. The van der Waals surface area contributed by atoms with Gasteiger partial charge in [-0.1, -0.05) is 0 Å². The van der Waals surface area contributed by atoms with Crippen LogP contribution in [0.2, 0.25) is 0 Å². The second-order valence-corrected chi connectivity index (χ2v) is 4.00. The van der Waals surface area contributed by atoms with Gasteiger partial charge in [0.25, 0.3) is 0 Å². The van der Waals surface area contributed by atoms with Crippen LogP contribution in [0.5, 0.6) is 0 Å². The fourth-order valence-corrected chi connectivity index (χ4v) is 1.97. The Bertz CT molecular complexity index is 320. The van der Waals surface area contributed by atoms with E-state index >= 15 is 0 Å². The smallest absolute Gasteiger partial charge is 0.254 e. The first-order valence-electron chi connectivity index (χ1n) is 3.64. The van der Waals surface area contributed by atoms with E-state index in [2.05, 4.69) is 0 Å². The molecule has 2 heterocycles. The van der Waals surface area contributed by atoms with E-state index in [9.17, 15) is 8.42 Å². The summed E-state index contributed by atoms with van der Waals surface area (Å²) in [6, 6.07) is 0. The van der Waals surface area contributed by atoms with Crippen molar-refractivity contribution in [1.29, 1.82) is 0 Å². The summed E-state index contributed by atoms with van der Waals surface area (Å²) >= 11 is 0. The molecule has 0 saturated heterocycles. The molecule has 7 heteroatoms. The fraction of sp³-hybridized carbons (Fsp3) is 0.333. The summed E-state index contributed by atoms with van der Waals surface area (Å²) in [6.07, 6.45) is 5.87. The van der Waals surface area contributed by atoms with Crippen molar-refractivity contribution >= 4 is 10.2 Å². The molecule has 0 unspecified atom stereocenters. The average molecular weight is 204 g/mol. The van der Waals surface area contributed by atoms with E-state index in [4.69, 9.17) is 9.68 Å². The topological polar surface area (TPSA) is 59.1 Å². The summed E-state index contributed by atoms with van der Waals surface area (Å²) in [5, 5.41) is 0. The highest BCUT2D eigenvalue weighted by atomic mass is 32.2. The van der Waals surface area contributed by atoms with Crippen LogP contribution < -0.4 is 0 Å². The number of hydrogen-bond donors (Lipinski definition) is 0. The molecule has 2 rings (SSSR count). The van der Waals surface area contributed by atoms with Gasteiger partial charge in [-0.05, 0) is 12.2 Å². The Morgan fingerprint density at radius 2 is 1.46 bits per heavy atom. The zero-order valence-electron chi connectivity index (χ0n) is 6.66. The monoisotopic (exact) mass is 204 g/mol. The Morgan fingerprint density at radius 1 is 1.00 bits per heavy atom. The third-order valence-corrected chi connectivity index (χ3v) is 2.87. The minimum absolute atomic E-state index is 0.261. The van der Waals surface area contributed by atoms with Gasteiger partial charge in [0, 0.05) is 12.4 Å². The summed E-state index contributed by atoms with van der Waals surface area (Å²) in [4.78, 5) is 9.62. The Morgan fingerprint density at radius 3 is 1.77 bits per heavy atom. The molecule has 0 aromatic carbocycles. The molecule has 0 N–H and O–H groups in total.